The number of hydrogen-bond acceptors (Lipinski definition) is 3. The van der Waals surface area contributed by atoms with E-state index >= 15 is 0 Å². The highest BCUT2D eigenvalue weighted by atomic mass is 16.5. The quantitative estimate of drug-likeness (QED) is 0.498. The predicted octanol–water partition coefficient (Wildman–Crippen LogP) is 4.43. The van der Waals surface area contributed by atoms with Crippen molar-refractivity contribution in [3.05, 3.63) is 47.7 Å². The summed E-state index contributed by atoms with van der Waals surface area (Å²) in [7, 11) is 0. The molecule has 0 saturated heterocycles. The van der Waals surface area contributed by atoms with E-state index in [1.54, 1.807) is 6.92 Å². The topological polar surface area (TPSA) is 71.2 Å². The molecule has 0 bridgehead atoms. The van der Waals surface area contributed by atoms with Crippen LogP contribution >= 0.6 is 0 Å². The number of rotatable bonds is 9. The zero-order valence-corrected chi connectivity index (χ0v) is 16.6. The number of nitrogens with one attached hydrogen (secondary N) is 2. The van der Waals surface area contributed by atoms with Gasteiger partial charge in [0, 0.05) is 30.1 Å². The van der Waals surface area contributed by atoms with Crippen LogP contribution in [0.3, 0.4) is 0 Å². The van der Waals surface area contributed by atoms with E-state index in [0.29, 0.717) is 19.4 Å². The second kappa shape index (κ2) is 10.1. The lowest BCUT2D eigenvalue weighted by Crippen LogP contribution is -2.36. The molecule has 5 heteroatoms. The zero-order valence-electron chi connectivity index (χ0n) is 16.6. The minimum absolute atomic E-state index is 0.221. The minimum atomic E-state index is -0.749. The summed E-state index contributed by atoms with van der Waals surface area (Å²) in [5.74, 6) is -0.543. The van der Waals surface area contributed by atoms with Crippen LogP contribution in [-0.4, -0.2) is 29.5 Å². The van der Waals surface area contributed by atoms with Crippen molar-refractivity contribution < 1.29 is 14.3 Å². The number of ether oxygens (including phenoxy) is 1. The summed E-state index contributed by atoms with van der Waals surface area (Å²) in [6, 6.07) is 8.13. The van der Waals surface area contributed by atoms with Crippen molar-refractivity contribution in [2.45, 2.75) is 64.4 Å². The maximum atomic E-state index is 12.1. The number of allylic oxidation sites excluding steroid dienone is 1. The van der Waals surface area contributed by atoms with E-state index < -0.39 is 6.10 Å². The first-order valence-corrected chi connectivity index (χ1v) is 10.3. The number of hydrogen-bond donors (Lipinski definition) is 2. The minimum Gasteiger partial charge on any atom is -0.453 e. The SMILES string of the molecule is C[C@H](OC(=O)CCCc1c[nH]c2ccccc12)C(=O)NCCC1=CCCCC1. The van der Waals surface area contributed by atoms with Gasteiger partial charge < -0.3 is 15.0 Å². The molecular weight excluding hydrogens is 352 g/mol. The van der Waals surface area contributed by atoms with Crippen molar-refractivity contribution in [2.24, 2.45) is 0 Å². The average Bonchev–Trinajstić information content (AvgIpc) is 3.12. The molecule has 1 atom stereocenters. The first kappa shape index (κ1) is 20.2. The molecule has 0 saturated carbocycles. The molecule has 150 valence electrons. The van der Waals surface area contributed by atoms with Crippen LogP contribution in [0, 0.1) is 0 Å². The van der Waals surface area contributed by atoms with E-state index in [4.69, 9.17) is 4.74 Å². The Morgan fingerprint density at radius 2 is 2.07 bits per heavy atom. The van der Waals surface area contributed by atoms with Crippen LogP contribution in [0.5, 0.6) is 0 Å². The molecule has 0 radical (unpaired) electrons. The Hall–Kier alpha value is -2.56. The van der Waals surface area contributed by atoms with Crippen molar-refractivity contribution in [3.63, 3.8) is 0 Å². The van der Waals surface area contributed by atoms with Gasteiger partial charge in [0.15, 0.2) is 6.10 Å². The molecule has 1 amide bonds. The molecule has 0 unspecified atom stereocenters. The second-order valence-corrected chi connectivity index (χ2v) is 7.49. The second-order valence-electron chi connectivity index (χ2n) is 7.49. The number of aromatic amines is 1. The molecule has 0 spiro atoms. The first-order chi connectivity index (χ1) is 13.6. The Morgan fingerprint density at radius 3 is 2.89 bits per heavy atom. The standard InChI is InChI=1S/C23H30N2O3/c1-17(23(27)24-15-14-18-8-3-2-4-9-18)28-22(26)13-7-10-19-16-25-21-12-6-5-11-20(19)21/h5-6,8,11-12,16-17,25H,2-4,7,9-10,13-15H2,1H3,(H,24,27)/t17-/m0/s1. The molecule has 0 aliphatic heterocycles. The number of aryl methyl sites for hydroxylation is 1. The number of H-pyrrole nitrogens is 1. The number of amides is 1. The predicted molar refractivity (Wildman–Crippen MR) is 111 cm³/mol. The van der Waals surface area contributed by atoms with Gasteiger partial charge in [-0.25, -0.2) is 0 Å². The molecule has 5 nitrogen and oxygen atoms in total. The fourth-order valence-corrected chi connectivity index (χ4v) is 3.69. The van der Waals surface area contributed by atoms with Gasteiger partial charge in [-0.3, -0.25) is 9.59 Å². The highest BCUT2D eigenvalue weighted by Gasteiger charge is 2.17. The van der Waals surface area contributed by atoms with E-state index in [-0.39, 0.29) is 11.9 Å². The molecule has 28 heavy (non-hydrogen) atoms. The highest BCUT2D eigenvalue weighted by Crippen LogP contribution is 2.20. The van der Waals surface area contributed by atoms with Crippen LogP contribution in [0.25, 0.3) is 10.9 Å². The van der Waals surface area contributed by atoms with E-state index in [1.165, 1.54) is 29.4 Å². The average molecular weight is 383 g/mol. The molecular formula is C23H30N2O3. The monoisotopic (exact) mass is 382 g/mol. The molecule has 3 rings (SSSR count). The summed E-state index contributed by atoms with van der Waals surface area (Å²) in [6.45, 7) is 2.24. The van der Waals surface area contributed by atoms with Crippen LogP contribution in [-0.2, 0) is 20.7 Å². The Kier molecular flexibility index (Phi) is 7.29. The Balaban J connectivity index is 1.34. The van der Waals surface area contributed by atoms with Crippen molar-refractivity contribution in [1.29, 1.82) is 0 Å². The number of carbonyl (C=O) groups is 2. The third-order valence-electron chi connectivity index (χ3n) is 5.31. The third kappa shape index (κ3) is 5.72. The van der Waals surface area contributed by atoms with Crippen LogP contribution in [0.15, 0.2) is 42.1 Å². The summed E-state index contributed by atoms with van der Waals surface area (Å²) < 4.78 is 5.29. The summed E-state index contributed by atoms with van der Waals surface area (Å²) in [4.78, 5) is 27.4. The smallest absolute Gasteiger partial charge is 0.306 e. The van der Waals surface area contributed by atoms with Gasteiger partial charge in [0.1, 0.15) is 0 Å². The van der Waals surface area contributed by atoms with Crippen LogP contribution in [0.1, 0.15) is 57.4 Å². The summed E-state index contributed by atoms with van der Waals surface area (Å²) in [5, 5.41) is 4.06. The van der Waals surface area contributed by atoms with E-state index in [0.717, 1.165) is 31.2 Å². The van der Waals surface area contributed by atoms with E-state index in [2.05, 4.69) is 22.4 Å². The fourth-order valence-electron chi connectivity index (χ4n) is 3.69. The molecule has 1 aromatic heterocycles. The van der Waals surface area contributed by atoms with Crippen LogP contribution < -0.4 is 5.32 Å². The Bertz CT molecular complexity index is 837. The van der Waals surface area contributed by atoms with E-state index in [1.807, 2.05) is 24.4 Å². The number of carbonyl (C=O) groups excluding carboxylic acids is 2. The van der Waals surface area contributed by atoms with Crippen LogP contribution in [0.2, 0.25) is 0 Å². The van der Waals surface area contributed by atoms with Crippen molar-refractivity contribution in [1.82, 2.24) is 10.3 Å². The molecule has 2 aromatic rings. The van der Waals surface area contributed by atoms with Gasteiger partial charge in [-0.15, -0.1) is 0 Å². The first-order valence-electron chi connectivity index (χ1n) is 10.3. The van der Waals surface area contributed by atoms with Crippen molar-refractivity contribution in [3.8, 4) is 0 Å². The fraction of sp³-hybridized carbons (Fsp3) is 0.478. The van der Waals surface area contributed by atoms with Gasteiger partial charge in [0.25, 0.3) is 5.91 Å². The largest absolute Gasteiger partial charge is 0.453 e. The number of esters is 1. The molecule has 2 N–H and O–H groups in total. The summed E-state index contributed by atoms with van der Waals surface area (Å²) in [5.41, 5.74) is 3.73. The number of benzene rings is 1. The molecule has 1 heterocycles. The van der Waals surface area contributed by atoms with Crippen LogP contribution in [0.4, 0.5) is 0 Å². The van der Waals surface area contributed by atoms with Gasteiger partial charge in [-0.2, -0.15) is 0 Å². The van der Waals surface area contributed by atoms with E-state index in [9.17, 15) is 9.59 Å². The molecule has 1 aromatic carbocycles. The van der Waals surface area contributed by atoms with Crippen molar-refractivity contribution >= 4 is 22.8 Å². The maximum absolute atomic E-state index is 12.1. The van der Waals surface area contributed by atoms with Gasteiger partial charge in [0.2, 0.25) is 0 Å². The van der Waals surface area contributed by atoms with Gasteiger partial charge in [-0.05, 0) is 63.5 Å². The summed E-state index contributed by atoms with van der Waals surface area (Å²) >= 11 is 0. The number of para-hydroxylation sites is 1. The normalized spacial score (nSPS) is 15.1. The lowest BCUT2D eigenvalue weighted by molar-refractivity contribution is -0.154. The number of aromatic nitrogens is 1. The Labute approximate surface area is 166 Å². The maximum Gasteiger partial charge on any atom is 0.306 e. The molecule has 1 aliphatic rings. The highest BCUT2D eigenvalue weighted by molar-refractivity contribution is 5.84. The van der Waals surface area contributed by atoms with Gasteiger partial charge in [0.05, 0.1) is 0 Å². The lowest BCUT2D eigenvalue weighted by Gasteiger charge is -2.15. The molecule has 1 aliphatic carbocycles. The van der Waals surface area contributed by atoms with Gasteiger partial charge in [-0.1, -0.05) is 29.8 Å². The van der Waals surface area contributed by atoms with Gasteiger partial charge >= 0.3 is 5.97 Å². The van der Waals surface area contributed by atoms with Crippen molar-refractivity contribution in [2.75, 3.05) is 6.54 Å². The lowest BCUT2D eigenvalue weighted by atomic mass is 9.97. The molecule has 0 fully saturated rings. The third-order valence-corrected chi connectivity index (χ3v) is 5.31. The number of fused-ring (bicyclic) bond motifs is 1. The Morgan fingerprint density at radius 1 is 1.21 bits per heavy atom. The zero-order chi connectivity index (χ0) is 19.8. The summed E-state index contributed by atoms with van der Waals surface area (Å²) in [6.07, 6.45) is 11.0.